The van der Waals surface area contributed by atoms with Crippen LogP contribution in [0.3, 0.4) is 0 Å². The topological polar surface area (TPSA) is 37.4 Å². The summed E-state index contributed by atoms with van der Waals surface area (Å²) in [6.07, 6.45) is 0. The van der Waals surface area contributed by atoms with Gasteiger partial charge in [-0.3, -0.25) is 23.0 Å². The Morgan fingerprint density at radius 1 is 0.889 bits per heavy atom. The summed E-state index contributed by atoms with van der Waals surface area (Å²) in [6, 6.07) is 9.60. The largest absolute Gasteiger partial charge is 0.683 e. The van der Waals surface area contributed by atoms with Crippen molar-refractivity contribution in [3.8, 4) is 0 Å². The fraction of sp³-hybridized carbons (Fsp3) is 0. The van der Waals surface area contributed by atoms with Gasteiger partial charge >= 0.3 is 7.40 Å². The Morgan fingerprint density at radius 3 is 1.83 bits per heavy atom. The molecule has 1 aliphatic heterocycles. The molecule has 88 valence electrons. The van der Waals surface area contributed by atoms with Gasteiger partial charge in [0.15, 0.2) is 0 Å². The number of hydrogen-bond acceptors (Lipinski definition) is 2. The van der Waals surface area contributed by atoms with Gasteiger partial charge in [-0.1, -0.05) is 24.3 Å². The molecule has 3 rings (SSSR count). The highest BCUT2D eigenvalue weighted by Gasteiger charge is 2.41. The maximum Gasteiger partial charge on any atom is 0.683 e. The monoisotopic (exact) mass is 245 g/mol. The molecular formula is C12H6BF2NO2. The molecule has 1 aliphatic rings. The summed E-state index contributed by atoms with van der Waals surface area (Å²) in [5.41, 5.74) is 0.283. The van der Waals surface area contributed by atoms with Crippen molar-refractivity contribution >= 4 is 30.0 Å². The van der Waals surface area contributed by atoms with Gasteiger partial charge in [-0.15, -0.1) is 0 Å². The molecule has 0 atom stereocenters. The van der Waals surface area contributed by atoms with E-state index in [9.17, 15) is 18.2 Å². The first-order valence-corrected chi connectivity index (χ1v) is 5.29. The summed E-state index contributed by atoms with van der Waals surface area (Å²) in [7, 11) is -3.13. The zero-order chi connectivity index (χ0) is 12.9. The minimum atomic E-state index is -3.13. The van der Waals surface area contributed by atoms with Crippen LogP contribution >= 0.6 is 0 Å². The Balaban J connectivity index is 2.39. The van der Waals surface area contributed by atoms with Crippen LogP contribution in [0.15, 0.2) is 36.4 Å². The lowest BCUT2D eigenvalue weighted by atomic mass is 9.91. The second-order valence-corrected chi connectivity index (χ2v) is 3.97. The number of amides is 2. The minimum absolute atomic E-state index is 0.00287. The Morgan fingerprint density at radius 2 is 1.39 bits per heavy atom. The van der Waals surface area contributed by atoms with E-state index >= 15 is 0 Å². The van der Waals surface area contributed by atoms with Crippen molar-refractivity contribution in [2.75, 3.05) is 0 Å². The highest BCUT2D eigenvalue weighted by atomic mass is 19.2. The smallest absolute Gasteiger partial charge is 0.270 e. The molecule has 0 aliphatic carbocycles. The first-order valence-electron chi connectivity index (χ1n) is 5.29. The summed E-state index contributed by atoms with van der Waals surface area (Å²) in [5.74, 6) is -1.89. The third kappa shape index (κ3) is 1.29. The molecule has 0 saturated heterocycles. The van der Waals surface area contributed by atoms with Crippen LogP contribution in [0.25, 0.3) is 10.8 Å². The normalized spacial score (nSPS) is 14.2. The molecule has 0 fully saturated rings. The van der Waals surface area contributed by atoms with Crippen LogP contribution in [0.5, 0.6) is 0 Å². The SMILES string of the molecule is O=C1c2cccc3cccc(c23)C(=O)N1B(F)F. The molecule has 2 aromatic carbocycles. The molecule has 0 saturated carbocycles. The number of carbonyl (C=O) groups excluding carboxylic acids is 2. The van der Waals surface area contributed by atoms with Crippen LogP contribution in [-0.4, -0.2) is 24.0 Å². The Kier molecular flexibility index (Phi) is 2.20. The highest BCUT2D eigenvalue weighted by molar-refractivity contribution is 6.52. The number of hydrogen-bond donors (Lipinski definition) is 0. The van der Waals surface area contributed by atoms with Crippen molar-refractivity contribution in [1.82, 2.24) is 4.81 Å². The van der Waals surface area contributed by atoms with Gasteiger partial charge in [-0.25, -0.2) is 0 Å². The first kappa shape index (κ1) is 10.9. The van der Waals surface area contributed by atoms with E-state index in [1.54, 1.807) is 24.3 Å². The van der Waals surface area contributed by atoms with Gasteiger partial charge in [-0.05, 0) is 17.5 Å². The van der Waals surface area contributed by atoms with Gasteiger partial charge in [0.05, 0.1) is 0 Å². The molecule has 0 spiro atoms. The molecule has 2 aromatic rings. The Hall–Kier alpha value is -2.24. The van der Waals surface area contributed by atoms with Crippen LogP contribution in [0.1, 0.15) is 20.7 Å². The average Bonchev–Trinajstić information content (AvgIpc) is 2.35. The molecule has 0 aromatic heterocycles. The standard InChI is InChI=1S/C12H6BF2NO2/c14-13(15)16-11(17)8-5-1-3-7-4-2-6-9(10(7)8)12(16)18/h1-6H. The third-order valence-corrected chi connectivity index (χ3v) is 3.00. The lowest BCUT2D eigenvalue weighted by Gasteiger charge is -2.24. The van der Waals surface area contributed by atoms with E-state index in [2.05, 4.69) is 0 Å². The van der Waals surface area contributed by atoms with Crippen LogP contribution < -0.4 is 0 Å². The van der Waals surface area contributed by atoms with Crippen molar-refractivity contribution in [2.45, 2.75) is 0 Å². The molecule has 0 bridgehead atoms. The molecule has 3 nitrogen and oxygen atoms in total. The molecular weight excluding hydrogens is 239 g/mol. The lowest BCUT2D eigenvalue weighted by Crippen LogP contribution is -2.46. The van der Waals surface area contributed by atoms with Crippen LogP contribution in [0.4, 0.5) is 8.63 Å². The summed E-state index contributed by atoms with van der Waals surface area (Å²) in [4.78, 5) is 23.8. The summed E-state index contributed by atoms with van der Waals surface area (Å²) < 4.78 is 25.6. The number of halogens is 2. The zero-order valence-electron chi connectivity index (χ0n) is 9.06. The van der Waals surface area contributed by atoms with Crippen molar-refractivity contribution in [2.24, 2.45) is 0 Å². The second-order valence-electron chi connectivity index (χ2n) is 3.97. The second kappa shape index (κ2) is 3.63. The molecule has 0 unspecified atom stereocenters. The molecule has 0 radical (unpaired) electrons. The molecule has 0 N–H and O–H groups in total. The van der Waals surface area contributed by atoms with E-state index in [1.807, 2.05) is 0 Å². The van der Waals surface area contributed by atoms with Gasteiger partial charge in [0, 0.05) is 16.5 Å². The Labute approximate surface area is 101 Å². The summed E-state index contributed by atoms with van der Waals surface area (Å²) in [5, 5.41) is 1.15. The van der Waals surface area contributed by atoms with Gasteiger partial charge in [0.2, 0.25) is 0 Å². The van der Waals surface area contributed by atoms with Crippen LogP contribution in [-0.2, 0) is 0 Å². The minimum Gasteiger partial charge on any atom is -0.270 e. The molecule has 6 heteroatoms. The highest BCUT2D eigenvalue weighted by Crippen LogP contribution is 2.30. The number of imide groups is 1. The van der Waals surface area contributed by atoms with E-state index in [0.717, 1.165) is 0 Å². The van der Waals surface area contributed by atoms with Gasteiger partial charge < -0.3 is 0 Å². The summed E-state index contributed by atoms with van der Waals surface area (Å²) in [6.45, 7) is 0. The van der Waals surface area contributed by atoms with Crippen LogP contribution in [0.2, 0.25) is 0 Å². The first-order chi connectivity index (χ1) is 8.61. The molecule has 2 amide bonds. The maximum absolute atomic E-state index is 12.8. The maximum atomic E-state index is 12.8. The Bertz CT molecular complexity index is 636. The quantitative estimate of drug-likeness (QED) is 0.571. The van der Waals surface area contributed by atoms with E-state index < -0.39 is 19.2 Å². The van der Waals surface area contributed by atoms with Crippen molar-refractivity contribution in [3.63, 3.8) is 0 Å². The third-order valence-electron chi connectivity index (χ3n) is 3.00. The predicted octanol–water partition coefficient (Wildman–Crippen LogP) is 2.36. The van der Waals surface area contributed by atoms with E-state index in [0.29, 0.717) is 10.8 Å². The number of benzene rings is 2. The number of rotatable bonds is 1. The van der Waals surface area contributed by atoms with E-state index in [-0.39, 0.29) is 15.9 Å². The van der Waals surface area contributed by atoms with Gasteiger partial charge in [0.25, 0.3) is 11.8 Å². The van der Waals surface area contributed by atoms with Gasteiger partial charge in [0.1, 0.15) is 0 Å². The number of nitrogens with zero attached hydrogens (tertiary/aromatic N) is 1. The summed E-state index contributed by atoms with van der Waals surface area (Å²) >= 11 is 0. The fourth-order valence-corrected chi connectivity index (χ4v) is 2.23. The van der Waals surface area contributed by atoms with Crippen molar-refractivity contribution in [3.05, 3.63) is 47.5 Å². The van der Waals surface area contributed by atoms with Crippen molar-refractivity contribution in [1.29, 1.82) is 0 Å². The fourth-order valence-electron chi connectivity index (χ4n) is 2.23. The van der Waals surface area contributed by atoms with Crippen LogP contribution in [0, 0.1) is 0 Å². The van der Waals surface area contributed by atoms with E-state index in [4.69, 9.17) is 0 Å². The number of carbonyl (C=O) groups is 2. The van der Waals surface area contributed by atoms with Gasteiger partial charge in [-0.2, -0.15) is 0 Å². The zero-order valence-corrected chi connectivity index (χ0v) is 9.06. The lowest BCUT2D eigenvalue weighted by molar-refractivity contribution is 0.0697. The predicted molar refractivity (Wildman–Crippen MR) is 62.4 cm³/mol. The average molecular weight is 245 g/mol. The molecule has 18 heavy (non-hydrogen) atoms. The molecule has 1 heterocycles. The van der Waals surface area contributed by atoms with E-state index in [1.165, 1.54) is 12.1 Å². The van der Waals surface area contributed by atoms with Crippen molar-refractivity contribution < 1.29 is 18.2 Å².